The molecular formula is C13H19ClN2O. The van der Waals surface area contributed by atoms with Crippen LogP contribution < -0.4 is 10.6 Å². The summed E-state index contributed by atoms with van der Waals surface area (Å²) in [6.45, 7) is 3.05. The number of para-hydroxylation sites is 1. The maximum atomic E-state index is 11.8. The molecule has 94 valence electrons. The highest BCUT2D eigenvalue weighted by atomic mass is 35.5. The summed E-state index contributed by atoms with van der Waals surface area (Å²) in [5, 5.41) is 6.29. The molecule has 1 aliphatic heterocycles. The Morgan fingerprint density at radius 2 is 2.24 bits per heavy atom. The van der Waals surface area contributed by atoms with Crippen LogP contribution in [0.25, 0.3) is 0 Å². The fourth-order valence-corrected chi connectivity index (χ4v) is 2.07. The maximum absolute atomic E-state index is 11.8. The predicted octanol–water partition coefficient (Wildman–Crippen LogP) is 2.50. The Hall–Kier alpha value is -1.06. The predicted molar refractivity (Wildman–Crippen MR) is 72.7 cm³/mol. The Labute approximate surface area is 108 Å². The van der Waals surface area contributed by atoms with Gasteiger partial charge in [-0.25, -0.2) is 0 Å². The molecule has 1 saturated heterocycles. The van der Waals surface area contributed by atoms with E-state index in [9.17, 15) is 4.79 Å². The molecular weight excluding hydrogens is 236 g/mol. The molecule has 4 heteroatoms. The van der Waals surface area contributed by atoms with Gasteiger partial charge in [-0.1, -0.05) is 18.2 Å². The van der Waals surface area contributed by atoms with Crippen LogP contribution in [0.2, 0.25) is 0 Å². The molecule has 1 amide bonds. The molecule has 1 fully saturated rings. The lowest BCUT2D eigenvalue weighted by Gasteiger charge is -2.11. The first-order valence-electron chi connectivity index (χ1n) is 5.84. The lowest BCUT2D eigenvalue weighted by Crippen LogP contribution is -2.27. The summed E-state index contributed by atoms with van der Waals surface area (Å²) in [6.07, 6.45) is 2.87. The molecule has 1 aromatic rings. The van der Waals surface area contributed by atoms with E-state index in [1.807, 2.05) is 31.2 Å². The molecule has 3 nitrogen and oxygen atoms in total. The molecule has 2 N–H and O–H groups in total. The third-order valence-electron chi connectivity index (χ3n) is 3.01. The van der Waals surface area contributed by atoms with Crippen molar-refractivity contribution in [3.05, 3.63) is 29.8 Å². The van der Waals surface area contributed by atoms with Gasteiger partial charge >= 0.3 is 0 Å². The SMILES string of the molecule is Cc1ccccc1NC(=O)CC1CCCN1.Cl. The number of benzene rings is 1. The largest absolute Gasteiger partial charge is 0.326 e. The van der Waals surface area contributed by atoms with Crippen molar-refractivity contribution in [1.29, 1.82) is 0 Å². The molecule has 2 rings (SSSR count). The van der Waals surface area contributed by atoms with Gasteiger partial charge in [-0.15, -0.1) is 12.4 Å². The standard InChI is InChI=1S/C13H18N2O.ClH/c1-10-5-2-3-7-12(10)15-13(16)9-11-6-4-8-14-11;/h2-3,5,7,11,14H,4,6,8-9H2,1H3,(H,15,16);1H. The molecule has 1 unspecified atom stereocenters. The van der Waals surface area contributed by atoms with Gasteiger partial charge < -0.3 is 10.6 Å². The van der Waals surface area contributed by atoms with Gasteiger partial charge in [0.2, 0.25) is 5.91 Å². The van der Waals surface area contributed by atoms with Gasteiger partial charge in [-0.2, -0.15) is 0 Å². The number of hydrogen-bond donors (Lipinski definition) is 2. The van der Waals surface area contributed by atoms with Crippen LogP contribution in [-0.4, -0.2) is 18.5 Å². The summed E-state index contributed by atoms with van der Waals surface area (Å²) in [6, 6.07) is 8.22. The number of amides is 1. The van der Waals surface area contributed by atoms with Crippen molar-refractivity contribution in [3.63, 3.8) is 0 Å². The molecule has 1 aromatic carbocycles. The van der Waals surface area contributed by atoms with E-state index in [1.165, 1.54) is 6.42 Å². The number of aryl methyl sites for hydroxylation is 1. The van der Waals surface area contributed by atoms with E-state index < -0.39 is 0 Å². The van der Waals surface area contributed by atoms with Crippen molar-refractivity contribution in [3.8, 4) is 0 Å². The first-order valence-corrected chi connectivity index (χ1v) is 5.84. The normalized spacial score (nSPS) is 18.5. The summed E-state index contributed by atoms with van der Waals surface area (Å²) in [5.74, 6) is 0.105. The topological polar surface area (TPSA) is 41.1 Å². The van der Waals surface area contributed by atoms with Gasteiger partial charge in [0.05, 0.1) is 0 Å². The van der Waals surface area contributed by atoms with Crippen LogP contribution in [0.1, 0.15) is 24.8 Å². The van der Waals surface area contributed by atoms with Crippen molar-refractivity contribution in [2.75, 3.05) is 11.9 Å². The van der Waals surface area contributed by atoms with Gasteiger partial charge in [-0.05, 0) is 37.9 Å². The van der Waals surface area contributed by atoms with Crippen molar-refractivity contribution in [2.45, 2.75) is 32.2 Å². The molecule has 0 aliphatic carbocycles. The van der Waals surface area contributed by atoms with Crippen LogP contribution in [0.15, 0.2) is 24.3 Å². The number of carbonyl (C=O) groups excluding carboxylic acids is 1. The Morgan fingerprint density at radius 3 is 2.88 bits per heavy atom. The quantitative estimate of drug-likeness (QED) is 0.870. The summed E-state index contributed by atoms with van der Waals surface area (Å²) in [5.41, 5.74) is 2.03. The van der Waals surface area contributed by atoms with Crippen molar-refractivity contribution in [1.82, 2.24) is 5.32 Å². The van der Waals surface area contributed by atoms with E-state index >= 15 is 0 Å². The minimum atomic E-state index is 0. The lowest BCUT2D eigenvalue weighted by atomic mass is 10.1. The van der Waals surface area contributed by atoms with Crippen molar-refractivity contribution >= 4 is 24.0 Å². The van der Waals surface area contributed by atoms with E-state index in [1.54, 1.807) is 0 Å². The summed E-state index contributed by atoms with van der Waals surface area (Å²) >= 11 is 0. The molecule has 1 heterocycles. The third kappa shape index (κ3) is 4.02. The Balaban J connectivity index is 0.00000144. The minimum absolute atomic E-state index is 0. The van der Waals surface area contributed by atoms with Crippen LogP contribution in [0, 0.1) is 6.92 Å². The number of halogens is 1. The van der Waals surface area contributed by atoms with E-state index in [0.717, 1.165) is 24.2 Å². The van der Waals surface area contributed by atoms with Crippen LogP contribution in [0.5, 0.6) is 0 Å². The Kier molecular flexibility index (Phi) is 5.45. The first kappa shape index (κ1) is 14.0. The van der Waals surface area contributed by atoms with Gasteiger partial charge in [0.15, 0.2) is 0 Å². The lowest BCUT2D eigenvalue weighted by molar-refractivity contribution is -0.116. The highest BCUT2D eigenvalue weighted by Gasteiger charge is 2.17. The number of nitrogens with one attached hydrogen (secondary N) is 2. The van der Waals surface area contributed by atoms with E-state index in [4.69, 9.17) is 0 Å². The number of hydrogen-bond acceptors (Lipinski definition) is 2. The molecule has 0 radical (unpaired) electrons. The van der Waals surface area contributed by atoms with Crippen LogP contribution in [0.4, 0.5) is 5.69 Å². The van der Waals surface area contributed by atoms with Gasteiger partial charge in [0.25, 0.3) is 0 Å². The smallest absolute Gasteiger partial charge is 0.225 e. The monoisotopic (exact) mass is 254 g/mol. The van der Waals surface area contributed by atoms with Crippen molar-refractivity contribution in [2.24, 2.45) is 0 Å². The van der Waals surface area contributed by atoms with Crippen molar-refractivity contribution < 1.29 is 4.79 Å². The molecule has 1 atom stereocenters. The van der Waals surface area contributed by atoms with Crippen LogP contribution in [-0.2, 0) is 4.79 Å². The highest BCUT2D eigenvalue weighted by Crippen LogP contribution is 2.15. The second kappa shape index (κ2) is 6.62. The summed E-state index contributed by atoms with van der Waals surface area (Å²) in [7, 11) is 0. The summed E-state index contributed by atoms with van der Waals surface area (Å²) < 4.78 is 0. The van der Waals surface area contributed by atoms with Crippen LogP contribution >= 0.6 is 12.4 Å². The zero-order valence-corrected chi connectivity index (χ0v) is 10.8. The fraction of sp³-hybridized carbons (Fsp3) is 0.462. The fourth-order valence-electron chi connectivity index (χ4n) is 2.07. The number of carbonyl (C=O) groups is 1. The van der Waals surface area contributed by atoms with Gasteiger partial charge in [0, 0.05) is 18.2 Å². The average Bonchev–Trinajstić information content (AvgIpc) is 2.74. The molecule has 1 aliphatic rings. The highest BCUT2D eigenvalue weighted by molar-refractivity contribution is 5.91. The summed E-state index contributed by atoms with van der Waals surface area (Å²) in [4.78, 5) is 11.8. The molecule has 0 bridgehead atoms. The number of rotatable bonds is 3. The molecule has 0 aromatic heterocycles. The molecule has 17 heavy (non-hydrogen) atoms. The zero-order chi connectivity index (χ0) is 11.4. The molecule has 0 spiro atoms. The Bertz CT molecular complexity index is 375. The molecule has 0 saturated carbocycles. The second-order valence-electron chi connectivity index (χ2n) is 4.36. The first-order chi connectivity index (χ1) is 7.75. The van der Waals surface area contributed by atoms with Crippen LogP contribution in [0.3, 0.4) is 0 Å². The maximum Gasteiger partial charge on any atom is 0.225 e. The van der Waals surface area contributed by atoms with E-state index in [2.05, 4.69) is 10.6 Å². The average molecular weight is 255 g/mol. The van der Waals surface area contributed by atoms with E-state index in [-0.39, 0.29) is 18.3 Å². The van der Waals surface area contributed by atoms with E-state index in [0.29, 0.717) is 12.5 Å². The zero-order valence-electron chi connectivity index (χ0n) is 10.0. The minimum Gasteiger partial charge on any atom is -0.326 e. The second-order valence-corrected chi connectivity index (χ2v) is 4.36. The number of anilines is 1. The Morgan fingerprint density at radius 1 is 1.47 bits per heavy atom. The third-order valence-corrected chi connectivity index (χ3v) is 3.01. The van der Waals surface area contributed by atoms with Gasteiger partial charge in [-0.3, -0.25) is 4.79 Å². The van der Waals surface area contributed by atoms with Gasteiger partial charge in [0.1, 0.15) is 0 Å².